The van der Waals surface area contributed by atoms with Crippen molar-refractivity contribution in [2.24, 2.45) is 0 Å². The zero-order valence-corrected chi connectivity index (χ0v) is 22.3. The number of hydrogen-bond donors (Lipinski definition) is 0. The van der Waals surface area contributed by atoms with Gasteiger partial charge < -0.3 is 18.8 Å². The third-order valence-corrected chi connectivity index (χ3v) is 8.14. The first-order valence-electron chi connectivity index (χ1n) is 11.9. The summed E-state index contributed by atoms with van der Waals surface area (Å²) >= 11 is 0. The molecule has 0 saturated carbocycles. The van der Waals surface area contributed by atoms with Gasteiger partial charge in [-0.3, -0.25) is 0 Å². The van der Waals surface area contributed by atoms with Crippen molar-refractivity contribution in [1.82, 2.24) is 24.7 Å². The van der Waals surface area contributed by atoms with Crippen molar-refractivity contribution < 1.29 is 22.6 Å². The number of hydrogen-bond acceptors (Lipinski definition) is 9. The molecule has 11 heteroatoms. The molecule has 194 valence electrons. The van der Waals surface area contributed by atoms with Crippen molar-refractivity contribution in [3.05, 3.63) is 53.4 Å². The highest BCUT2D eigenvalue weighted by molar-refractivity contribution is 7.91. The van der Waals surface area contributed by atoms with Crippen molar-refractivity contribution in [1.29, 1.82) is 0 Å². The third kappa shape index (κ3) is 5.42. The molecule has 0 bridgehead atoms. The van der Waals surface area contributed by atoms with Gasteiger partial charge in [0.05, 0.1) is 29.6 Å². The molecule has 0 amide bonds. The summed E-state index contributed by atoms with van der Waals surface area (Å²) < 4.78 is 46.7. The summed E-state index contributed by atoms with van der Waals surface area (Å²) in [7, 11) is -2.17. The standard InChI is InChI=1S/C25H33N5O5S/c1-15(2)35-23(24-26-10-17(4)11-27-24)18(5)36(31,32)14-22-28-29-25-20-9-16(3)7-8-21(20)34-13-19(12-33-6)30(22)25/h7-11,15,18-19,23H,12-14H2,1-6H3/t18-,19+,23+/m0/s1. The van der Waals surface area contributed by atoms with E-state index in [9.17, 15) is 8.42 Å². The molecular weight excluding hydrogens is 482 g/mol. The first kappa shape index (κ1) is 26.2. The molecule has 36 heavy (non-hydrogen) atoms. The zero-order valence-electron chi connectivity index (χ0n) is 21.5. The Morgan fingerprint density at radius 2 is 1.83 bits per heavy atom. The predicted octanol–water partition coefficient (Wildman–Crippen LogP) is 3.40. The van der Waals surface area contributed by atoms with Crippen LogP contribution in [0, 0.1) is 13.8 Å². The Hall–Kier alpha value is -2.89. The van der Waals surface area contributed by atoms with E-state index in [1.807, 2.05) is 50.5 Å². The van der Waals surface area contributed by atoms with Gasteiger partial charge in [-0.25, -0.2) is 18.4 Å². The average molecular weight is 516 g/mol. The van der Waals surface area contributed by atoms with Gasteiger partial charge in [0, 0.05) is 19.5 Å². The first-order valence-corrected chi connectivity index (χ1v) is 13.6. The largest absolute Gasteiger partial charge is 0.491 e. The topological polar surface area (TPSA) is 118 Å². The molecule has 3 aromatic rings. The smallest absolute Gasteiger partial charge is 0.168 e. The minimum Gasteiger partial charge on any atom is -0.491 e. The number of rotatable bonds is 9. The molecule has 10 nitrogen and oxygen atoms in total. The summed E-state index contributed by atoms with van der Waals surface area (Å²) in [5.41, 5.74) is 2.68. The number of methoxy groups -OCH3 is 1. The second kappa shape index (κ2) is 10.6. The number of nitrogens with zero attached hydrogens (tertiary/aromatic N) is 5. The van der Waals surface area contributed by atoms with Gasteiger partial charge in [0.2, 0.25) is 0 Å². The molecule has 4 rings (SSSR count). The van der Waals surface area contributed by atoms with Crippen LogP contribution in [0.1, 0.15) is 55.7 Å². The molecule has 0 fully saturated rings. The van der Waals surface area contributed by atoms with Crippen LogP contribution in [-0.2, 0) is 25.1 Å². The molecule has 0 aliphatic carbocycles. The van der Waals surface area contributed by atoms with Gasteiger partial charge in [-0.1, -0.05) is 11.6 Å². The van der Waals surface area contributed by atoms with E-state index in [2.05, 4.69) is 20.2 Å². The number of aromatic nitrogens is 5. The van der Waals surface area contributed by atoms with Gasteiger partial charge in [-0.05, 0) is 52.3 Å². The number of fused-ring (bicyclic) bond motifs is 3. The summed E-state index contributed by atoms with van der Waals surface area (Å²) in [5, 5.41) is 7.79. The maximum atomic E-state index is 13.7. The van der Waals surface area contributed by atoms with E-state index in [-0.39, 0.29) is 17.9 Å². The SMILES string of the molecule is COC[C@@H]1COc2ccc(C)cc2-c2nnc(CS(=O)(=O)[C@@H](C)[C@@H](OC(C)C)c3ncc(C)cn3)n21. The van der Waals surface area contributed by atoms with Gasteiger partial charge in [-0.15, -0.1) is 10.2 Å². The van der Waals surface area contributed by atoms with Crippen LogP contribution in [-0.4, -0.2) is 64.8 Å². The van der Waals surface area contributed by atoms with Gasteiger partial charge in [0.25, 0.3) is 0 Å². The van der Waals surface area contributed by atoms with Gasteiger partial charge in [-0.2, -0.15) is 0 Å². The summed E-state index contributed by atoms with van der Waals surface area (Å²) in [6.07, 6.45) is 2.27. The Morgan fingerprint density at radius 3 is 2.50 bits per heavy atom. The lowest BCUT2D eigenvalue weighted by Gasteiger charge is -2.25. The molecule has 0 radical (unpaired) electrons. The maximum absolute atomic E-state index is 13.7. The minimum atomic E-state index is -3.77. The fourth-order valence-electron chi connectivity index (χ4n) is 4.23. The van der Waals surface area contributed by atoms with E-state index >= 15 is 0 Å². The van der Waals surface area contributed by atoms with Crippen molar-refractivity contribution >= 4 is 9.84 Å². The van der Waals surface area contributed by atoms with Crippen LogP contribution < -0.4 is 4.74 Å². The summed E-state index contributed by atoms with van der Waals surface area (Å²) in [6.45, 7) is 9.80. The Balaban J connectivity index is 1.72. The maximum Gasteiger partial charge on any atom is 0.168 e. The highest BCUT2D eigenvalue weighted by Crippen LogP contribution is 2.36. The van der Waals surface area contributed by atoms with Crippen molar-refractivity contribution in [3.63, 3.8) is 0 Å². The van der Waals surface area contributed by atoms with E-state index in [0.29, 0.717) is 36.4 Å². The number of aryl methyl sites for hydroxylation is 2. The van der Waals surface area contributed by atoms with Crippen LogP contribution in [0.15, 0.2) is 30.6 Å². The molecule has 3 heterocycles. The Kier molecular flexibility index (Phi) is 7.72. The molecule has 1 aliphatic rings. The van der Waals surface area contributed by atoms with Crippen molar-refractivity contribution in [2.45, 2.75) is 63.9 Å². The quantitative estimate of drug-likeness (QED) is 0.422. The molecule has 1 aliphatic heterocycles. The van der Waals surface area contributed by atoms with Crippen LogP contribution >= 0.6 is 0 Å². The lowest BCUT2D eigenvalue weighted by atomic mass is 10.1. The molecule has 0 unspecified atom stereocenters. The van der Waals surface area contributed by atoms with Crippen molar-refractivity contribution in [2.75, 3.05) is 20.3 Å². The van der Waals surface area contributed by atoms with E-state index < -0.39 is 21.2 Å². The molecular formula is C25H33N5O5S. The molecule has 2 aromatic heterocycles. The number of sulfone groups is 1. The van der Waals surface area contributed by atoms with E-state index in [4.69, 9.17) is 14.2 Å². The Labute approximate surface area is 212 Å². The fourth-order valence-corrected chi connectivity index (χ4v) is 5.62. The Morgan fingerprint density at radius 1 is 1.11 bits per heavy atom. The second-order valence-corrected chi connectivity index (χ2v) is 11.8. The molecule has 0 N–H and O–H groups in total. The summed E-state index contributed by atoms with van der Waals surface area (Å²) in [4.78, 5) is 8.70. The van der Waals surface area contributed by atoms with Crippen LogP contribution in [0.4, 0.5) is 0 Å². The number of ether oxygens (including phenoxy) is 3. The lowest BCUT2D eigenvalue weighted by Crippen LogP contribution is -2.32. The zero-order chi connectivity index (χ0) is 26.0. The third-order valence-electron chi connectivity index (χ3n) is 6.10. The van der Waals surface area contributed by atoms with Gasteiger partial charge in [0.1, 0.15) is 30.0 Å². The highest BCUT2D eigenvalue weighted by Gasteiger charge is 2.37. The molecule has 1 aromatic carbocycles. The van der Waals surface area contributed by atoms with Crippen molar-refractivity contribution in [3.8, 4) is 17.1 Å². The molecule has 0 spiro atoms. The first-order chi connectivity index (χ1) is 17.1. The predicted molar refractivity (Wildman–Crippen MR) is 134 cm³/mol. The fraction of sp³-hybridized carbons (Fsp3) is 0.520. The lowest BCUT2D eigenvalue weighted by molar-refractivity contribution is 0.00140. The normalized spacial score (nSPS) is 17.1. The number of benzene rings is 1. The summed E-state index contributed by atoms with van der Waals surface area (Å²) in [5.74, 6) is 1.57. The molecule has 3 atom stereocenters. The highest BCUT2D eigenvalue weighted by atomic mass is 32.2. The van der Waals surface area contributed by atoms with E-state index in [1.54, 1.807) is 26.4 Å². The van der Waals surface area contributed by atoms with Crippen LogP contribution in [0.2, 0.25) is 0 Å². The second-order valence-electron chi connectivity index (χ2n) is 9.47. The van der Waals surface area contributed by atoms with E-state index in [0.717, 1.165) is 16.7 Å². The van der Waals surface area contributed by atoms with Crippen LogP contribution in [0.3, 0.4) is 0 Å². The van der Waals surface area contributed by atoms with Gasteiger partial charge in [0.15, 0.2) is 21.5 Å². The average Bonchev–Trinajstić information content (AvgIpc) is 3.16. The van der Waals surface area contributed by atoms with E-state index in [1.165, 1.54) is 0 Å². The minimum absolute atomic E-state index is 0.218. The Bertz CT molecular complexity index is 1310. The molecule has 0 saturated heterocycles. The van der Waals surface area contributed by atoms with Crippen LogP contribution in [0.5, 0.6) is 5.75 Å². The van der Waals surface area contributed by atoms with Gasteiger partial charge >= 0.3 is 0 Å². The van der Waals surface area contributed by atoms with Crippen LogP contribution in [0.25, 0.3) is 11.4 Å². The monoisotopic (exact) mass is 515 g/mol. The summed E-state index contributed by atoms with van der Waals surface area (Å²) in [6, 6.07) is 5.53.